The summed E-state index contributed by atoms with van der Waals surface area (Å²) in [6, 6.07) is 16.5. The number of nitrogens with zero attached hydrogens (tertiary/aromatic N) is 3. The van der Waals surface area contributed by atoms with Gasteiger partial charge < -0.3 is 14.5 Å². The molecule has 124 valence electrons. The van der Waals surface area contributed by atoms with Crippen molar-refractivity contribution in [3.8, 4) is 22.9 Å². The van der Waals surface area contributed by atoms with Crippen LogP contribution in [0.25, 0.3) is 11.1 Å². The van der Waals surface area contributed by atoms with E-state index in [9.17, 15) is 5.26 Å². The van der Waals surface area contributed by atoms with Crippen molar-refractivity contribution in [2.24, 2.45) is 0 Å². The Hall–Kier alpha value is -2.51. The van der Waals surface area contributed by atoms with Gasteiger partial charge in [-0.05, 0) is 37.7 Å². The van der Waals surface area contributed by atoms with Crippen LogP contribution in [-0.2, 0) is 0 Å². The maximum atomic E-state index is 9.53. The number of ether oxygens (including phenoxy) is 1. The lowest BCUT2D eigenvalue weighted by Crippen LogP contribution is -2.44. The van der Waals surface area contributed by atoms with Crippen LogP contribution < -0.4 is 9.64 Å². The zero-order valence-corrected chi connectivity index (χ0v) is 14.3. The highest BCUT2D eigenvalue weighted by atomic mass is 16.5. The molecule has 1 heterocycles. The lowest BCUT2D eigenvalue weighted by atomic mass is 9.99. The van der Waals surface area contributed by atoms with Gasteiger partial charge in [-0.3, -0.25) is 0 Å². The monoisotopic (exact) mass is 321 g/mol. The molecule has 2 aromatic rings. The lowest BCUT2D eigenvalue weighted by molar-refractivity contribution is 0.313. The van der Waals surface area contributed by atoms with Crippen molar-refractivity contribution < 1.29 is 4.74 Å². The van der Waals surface area contributed by atoms with Crippen LogP contribution in [0.1, 0.15) is 12.5 Å². The van der Waals surface area contributed by atoms with Crippen molar-refractivity contribution >= 4 is 5.69 Å². The van der Waals surface area contributed by atoms with E-state index >= 15 is 0 Å². The van der Waals surface area contributed by atoms with Crippen molar-refractivity contribution in [3.05, 3.63) is 48.0 Å². The first-order valence-electron chi connectivity index (χ1n) is 8.42. The van der Waals surface area contributed by atoms with Gasteiger partial charge in [-0.2, -0.15) is 5.26 Å². The van der Waals surface area contributed by atoms with Gasteiger partial charge in [0.05, 0.1) is 6.61 Å². The molecule has 2 aromatic carbocycles. The summed E-state index contributed by atoms with van der Waals surface area (Å²) in [6.07, 6.45) is 0. The first-order valence-corrected chi connectivity index (χ1v) is 8.42. The van der Waals surface area contributed by atoms with E-state index in [4.69, 9.17) is 4.74 Å². The summed E-state index contributed by atoms with van der Waals surface area (Å²) in [5.74, 6) is 0.653. The molecule has 0 saturated carbocycles. The Morgan fingerprint density at radius 3 is 2.38 bits per heavy atom. The Kier molecular flexibility index (Phi) is 5.02. The standard InChI is InChI=1S/C20H23N3O/c1-3-24-20-6-4-5-18(19(20)15-21)16-7-9-17(10-8-16)23-13-11-22(2)12-14-23/h4-10H,3,11-14H2,1-2H3. The van der Waals surface area contributed by atoms with Gasteiger partial charge >= 0.3 is 0 Å². The van der Waals surface area contributed by atoms with Crippen LogP contribution in [0, 0.1) is 11.3 Å². The number of likely N-dealkylation sites (N-methyl/N-ethyl adjacent to an activating group) is 1. The zero-order valence-electron chi connectivity index (χ0n) is 14.3. The minimum atomic E-state index is 0.556. The molecule has 0 atom stereocenters. The van der Waals surface area contributed by atoms with Crippen LogP contribution in [-0.4, -0.2) is 44.7 Å². The first kappa shape index (κ1) is 16.4. The fourth-order valence-corrected chi connectivity index (χ4v) is 3.08. The second-order valence-corrected chi connectivity index (χ2v) is 6.06. The van der Waals surface area contributed by atoms with E-state index in [0.717, 1.165) is 37.3 Å². The Labute approximate surface area is 143 Å². The maximum absolute atomic E-state index is 9.53. The highest BCUT2D eigenvalue weighted by Crippen LogP contribution is 2.31. The second kappa shape index (κ2) is 7.37. The normalized spacial score (nSPS) is 15.1. The summed E-state index contributed by atoms with van der Waals surface area (Å²) in [7, 11) is 2.16. The Bertz CT molecular complexity index is 726. The number of hydrogen-bond donors (Lipinski definition) is 0. The predicted molar refractivity (Wildman–Crippen MR) is 97.5 cm³/mol. The van der Waals surface area contributed by atoms with Crippen LogP contribution in [0.3, 0.4) is 0 Å². The molecule has 0 N–H and O–H groups in total. The quantitative estimate of drug-likeness (QED) is 0.865. The van der Waals surface area contributed by atoms with E-state index in [0.29, 0.717) is 17.9 Å². The number of piperazine rings is 1. The lowest BCUT2D eigenvalue weighted by Gasteiger charge is -2.34. The first-order chi connectivity index (χ1) is 11.7. The molecule has 1 aliphatic heterocycles. The van der Waals surface area contributed by atoms with Gasteiger partial charge in [0.25, 0.3) is 0 Å². The molecular weight excluding hydrogens is 298 g/mol. The van der Waals surface area contributed by atoms with Gasteiger partial charge in [0, 0.05) is 37.4 Å². The molecule has 1 fully saturated rings. The molecule has 0 unspecified atom stereocenters. The van der Waals surface area contributed by atoms with E-state index < -0.39 is 0 Å². The zero-order chi connectivity index (χ0) is 16.9. The Morgan fingerprint density at radius 2 is 1.75 bits per heavy atom. The minimum Gasteiger partial charge on any atom is -0.492 e. The van der Waals surface area contributed by atoms with Gasteiger partial charge in [-0.15, -0.1) is 0 Å². The van der Waals surface area contributed by atoms with Gasteiger partial charge in [0.15, 0.2) is 0 Å². The van der Waals surface area contributed by atoms with Crippen molar-refractivity contribution in [1.82, 2.24) is 4.90 Å². The minimum absolute atomic E-state index is 0.556. The molecule has 1 saturated heterocycles. The predicted octanol–water partition coefficient (Wildman–Crippen LogP) is 3.38. The Balaban J connectivity index is 1.86. The topological polar surface area (TPSA) is 39.5 Å². The SMILES string of the molecule is CCOc1cccc(-c2ccc(N3CCN(C)CC3)cc2)c1C#N. The molecule has 0 spiro atoms. The average Bonchev–Trinajstić information content (AvgIpc) is 2.63. The van der Waals surface area contributed by atoms with E-state index in [-0.39, 0.29) is 0 Å². The summed E-state index contributed by atoms with van der Waals surface area (Å²) in [6.45, 7) is 6.78. The maximum Gasteiger partial charge on any atom is 0.137 e. The summed E-state index contributed by atoms with van der Waals surface area (Å²) in [4.78, 5) is 4.76. The summed E-state index contributed by atoms with van der Waals surface area (Å²) >= 11 is 0. The second-order valence-electron chi connectivity index (χ2n) is 6.06. The van der Waals surface area contributed by atoms with Crippen LogP contribution in [0.2, 0.25) is 0 Å². The van der Waals surface area contributed by atoms with E-state index in [2.05, 4.69) is 47.2 Å². The molecule has 0 aliphatic carbocycles. The number of nitriles is 1. The molecule has 0 radical (unpaired) electrons. The third-order valence-electron chi connectivity index (χ3n) is 4.48. The molecule has 3 rings (SSSR count). The highest BCUT2D eigenvalue weighted by molar-refractivity contribution is 5.75. The van der Waals surface area contributed by atoms with Crippen molar-refractivity contribution in [2.75, 3.05) is 44.7 Å². The highest BCUT2D eigenvalue weighted by Gasteiger charge is 2.15. The van der Waals surface area contributed by atoms with Gasteiger partial charge in [-0.1, -0.05) is 24.3 Å². The molecular formula is C20H23N3O. The number of anilines is 1. The fourth-order valence-electron chi connectivity index (χ4n) is 3.08. The van der Waals surface area contributed by atoms with Crippen LogP contribution in [0.5, 0.6) is 5.75 Å². The molecule has 0 bridgehead atoms. The van der Waals surface area contributed by atoms with E-state index in [1.165, 1.54) is 5.69 Å². The largest absolute Gasteiger partial charge is 0.492 e. The third-order valence-corrected chi connectivity index (χ3v) is 4.48. The summed E-state index contributed by atoms with van der Waals surface area (Å²) < 4.78 is 5.58. The Morgan fingerprint density at radius 1 is 1.04 bits per heavy atom. The van der Waals surface area contributed by atoms with Gasteiger partial charge in [0.2, 0.25) is 0 Å². The van der Waals surface area contributed by atoms with Crippen LogP contribution in [0.4, 0.5) is 5.69 Å². The number of rotatable bonds is 4. The van der Waals surface area contributed by atoms with Crippen LogP contribution in [0.15, 0.2) is 42.5 Å². The molecule has 4 heteroatoms. The number of hydrogen-bond acceptors (Lipinski definition) is 4. The van der Waals surface area contributed by atoms with Crippen molar-refractivity contribution in [2.45, 2.75) is 6.92 Å². The van der Waals surface area contributed by atoms with Gasteiger partial charge in [-0.25, -0.2) is 0 Å². The van der Waals surface area contributed by atoms with Crippen molar-refractivity contribution in [3.63, 3.8) is 0 Å². The smallest absolute Gasteiger partial charge is 0.137 e. The average molecular weight is 321 g/mol. The van der Waals surface area contributed by atoms with E-state index in [1.807, 2.05) is 25.1 Å². The number of benzene rings is 2. The molecule has 4 nitrogen and oxygen atoms in total. The van der Waals surface area contributed by atoms with E-state index in [1.54, 1.807) is 0 Å². The molecule has 1 aliphatic rings. The third kappa shape index (κ3) is 3.37. The molecule has 0 aromatic heterocycles. The van der Waals surface area contributed by atoms with Crippen LogP contribution >= 0.6 is 0 Å². The molecule has 24 heavy (non-hydrogen) atoms. The molecule has 0 amide bonds. The van der Waals surface area contributed by atoms with Gasteiger partial charge in [0.1, 0.15) is 17.4 Å². The fraction of sp³-hybridized carbons (Fsp3) is 0.350. The summed E-state index contributed by atoms with van der Waals surface area (Å²) in [5.41, 5.74) is 3.82. The summed E-state index contributed by atoms with van der Waals surface area (Å²) in [5, 5.41) is 9.53. The van der Waals surface area contributed by atoms with Crippen molar-refractivity contribution in [1.29, 1.82) is 5.26 Å².